The number of amides is 2. The monoisotopic (exact) mass is 262 g/mol. The summed E-state index contributed by atoms with van der Waals surface area (Å²) in [7, 11) is 0. The first-order valence-corrected chi connectivity index (χ1v) is 6.40. The summed E-state index contributed by atoms with van der Waals surface area (Å²) in [5.74, 6) is -0.334. The van der Waals surface area contributed by atoms with E-state index in [-0.39, 0.29) is 25.0 Å². The van der Waals surface area contributed by atoms with Crippen molar-refractivity contribution in [2.45, 2.75) is 19.5 Å². The van der Waals surface area contributed by atoms with Crippen LogP contribution in [0.3, 0.4) is 0 Å². The average Bonchev–Trinajstić information content (AvgIpc) is 2.45. The van der Waals surface area contributed by atoms with E-state index in [0.717, 1.165) is 5.56 Å². The summed E-state index contributed by atoms with van der Waals surface area (Å²) >= 11 is 0. The van der Waals surface area contributed by atoms with E-state index in [0.29, 0.717) is 13.1 Å². The Morgan fingerprint density at radius 2 is 2.16 bits per heavy atom. The summed E-state index contributed by atoms with van der Waals surface area (Å²) in [6.07, 6.45) is 0. The maximum atomic E-state index is 12.3. The Hall–Kier alpha value is -1.88. The summed E-state index contributed by atoms with van der Waals surface area (Å²) in [6, 6.07) is 9.22. The summed E-state index contributed by atoms with van der Waals surface area (Å²) in [5.41, 5.74) is 1.07. The predicted octanol–water partition coefficient (Wildman–Crippen LogP) is 0.550. The highest BCUT2D eigenvalue weighted by atomic mass is 16.5. The molecule has 1 N–H and O–H groups in total. The lowest BCUT2D eigenvalue weighted by atomic mass is 10.2. The number of hydrogen-bond donors (Lipinski definition) is 1. The third kappa shape index (κ3) is 3.54. The molecule has 19 heavy (non-hydrogen) atoms. The highest BCUT2D eigenvalue weighted by Gasteiger charge is 2.28. The molecule has 5 heteroatoms. The second-order valence-corrected chi connectivity index (χ2v) is 4.47. The molecular formula is C14H18N2O3. The van der Waals surface area contributed by atoms with Gasteiger partial charge in [0, 0.05) is 13.1 Å². The number of morpholine rings is 1. The Balaban J connectivity index is 2.00. The number of likely N-dealkylation sites (N-methyl/N-ethyl adjacent to an activating group) is 1. The number of nitrogens with zero attached hydrogens (tertiary/aromatic N) is 1. The number of rotatable bonds is 4. The van der Waals surface area contributed by atoms with Gasteiger partial charge in [0.2, 0.25) is 11.8 Å². The van der Waals surface area contributed by atoms with Gasteiger partial charge in [-0.2, -0.15) is 0 Å². The van der Waals surface area contributed by atoms with E-state index < -0.39 is 6.04 Å². The Kier molecular flexibility index (Phi) is 4.52. The molecular weight excluding hydrogens is 244 g/mol. The smallest absolute Gasteiger partial charge is 0.247 e. The normalized spacial score (nSPS) is 18.8. The van der Waals surface area contributed by atoms with Crippen LogP contribution in [0.5, 0.6) is 0 Å². The third-order valence-electron chi connectivity index (χ3n) is 3.06. The first-order valence-electron chi connectivity index (χ1n) is 6.40. The first kappa shape index (κ1) is 13.5. The molecule has 1 aromatic rings. The zero-order valence-electron chi connectivity index (χ0n) is 11.0. The highest BCUT2D eigenvalue weighted by molar-refractivity contribution is 5.89. The summed E-state index contributed by atoms with van der Waals surface area (Å²) in [6.45, 7) is 3.35. The van der Waals surface area contributed by atoms with Crippen LogP contribution >= 0.6 is 0 Å². The molecule has 0 spiro atoms. The SMILES string of the molecule is CCN(Cc1ccccc1)C(=O)C1COCC(=O)N1. The molecule has 0 aliphatic carbocycles. The molecule has 1 saturated heterocycles. The molecule has 1 aliphatic rings. The van der Waals surface area contributed by atoms with E-state index in [9.17, 15) is 9.59 Å². The Morgan fingerprint density at radius 1 is 1.42 bits per heavy atom. The molecule has 1 atom stereocenters. The maximum Gasteiger partial charge on any atom is 0.247 e. The van der Waals surface area contributed by atoms with Crippen molar-refractivity contribution in [3.8, 4) is 0 Å². The van der Waals surface area contributed by atoms with Gasteiger partial charge in [-0.15, -0.1) is 0 Å². The molecule has 0 aromatic heterocycles. The molecule has 1 unspecified atom stereocenters. The quantitative estimate of drug-likeness (QED) is 0.862. The largest absolute Gasteiger partial charge is 0.369 e. The van der Waals surface area contributed by atoms with Gasteiger partial charge in [0.05, 0.1) is 6.61 Å². The number of nitrogens with one attached hydrogen (secondary N) is 1. The fourth-order valence-corrected chi connectivity index (χ4v) is 2.05. The zero-order chi connectivity index (χ0) is 13.7. The van der Waals surface area contributed by atoms with Crippen molar-refractivity contribution < 1.29 is 14.3 Å². The van der Waals surface area contributed by atoms with E-state index in [2.05, 4.69) is 5.32 Å². The van der Waals surface area contributed by atoms with Crippen LogP contribution in [0.4, 0.5) is 0 Å². The molecule has 0 radical (unpaired) electrons. The Labute approximate surface area is 112 Å². The van der Waals surface area contributed by atoms with Crippen LogP contribution in [0.1, 0.15) is 12.5 Å². The van der Waals surface area contributed by atoms with Gasteiger partial charge in [-0.1, -0.05) is 30.3 Å². The summed E-state index contributed by atoms with van der Waals surface area (Å²) in [5, 5.41) is 2.66. The van der Waals surface area contributed by atoms with Crippen molar-refractivity contribution >= 4 is 11.8 Å². The van der Waals surface area contributed by atoms with Gasteiger partial charge in [-0.3, -0.25) is 9.59 Å². The van der Waals surface area contributed by atoms with E-state index in [1.165, 1.54) is 0 Å². The standard InChI is InChI=1S/C14H18N2O3/c1-2-16(8-11-6-4-3-5-7-11)14(18)12-9-19-10-13(17)15-12/h3-7,12H,2,8-10H2,1H3,(H,15,17). The lowest BCUT2D eigenvalue weighted by molar-refractivity contribution is -0.144. The second-order valence-electron chi connectivity index (χ2n) is 4.47. The number of carbonyl (C=O) groups excluding carboxylic acids is 2. The number of hydrogen-bond acceptors (Lipinski definition) is 3. The van der Waals surface area contributed by atoms with Crippen molar-refractivity contribution in [1.82, 2.24) is 10.2 Å². The van der Waals surface area contributed by atoms with E-state index in [1.807, 2.05) is 37.3 Å². The van der Waals surface area contributed by atoms with Gasteiger partial charge >= 0.3 is 0 Å². The van der Waals surface area contributed by atoms with Gasteiger partial charge in [0.25, 0.3) is 0 Å². The van der Waals surface area contributed by atoms with Crippen LogP contribution < -0.4 is 5.32 Å². The van der Waals surface area contributed by atoms with Crippen molar-refractivity contribution in [3.05, 3.63) is 35.9 Å². The van der Waals surface area contributed by atoms with Gasteiger partial charge in [0.1, 0.15) is 12.6 Å². The van der Waals surface area contributed by atoms with Crippen molar-refractivity contribution in [3.63, 3.8) is 0 Å². The van der Waals surface area contributed by atoms with E-state index >= 15 is 0 Å². The second kappa shape index (κ2) is 6.33. The van der Waals surface area contributed by atoms with Crippen LogP contribution in [0.2, 0.25) is 0 Å². The summed E-state index contributed by atoms with van der Waals surface area (Å²) in [4.78, 5) is 25.3. The molecule has 1 heterocycles. The van der Waals surface area contributed by atoms with Crippen LogP contribution in [0.15, 0.2) is 30.3 Å². The minimum atomic E-state index is -0.565. The molecule has 1 fully saturated rings. The zero-order valence-corrected chi connectivity index (χ0v) is 11.0. The number of benzene rings is 1. The lowest BCUT2D eigenvalue weighted by Gasteiger charge is -2.29. The molecule has 0 bridgehead atoms. The Bertz CT molecular complexity index is 447. The van der Waals surface area contributed by atoms with Gasteiger partial charge in [-0.05, 0) is 12.5 Å². The van der Waals surface area contributed by atoms with E-state index in [4.69, 9.17) is 4.74 Å². The van der Waals surface area contributed by atoms with E-state index in [1.54, 1.807) is 4.90 Å². The predicted molar refractivity (Wildman–Crippen MR) is 70.3 cm³/mol. The minimum Gasteiger partial charge on any atom is -0.369 e. The van der Waals surface area contributed by atoms with Crippen molar-refractivity contribution in [2.24, 2.45) is 0 Å². The molecule has 0 saturated carbocycles. The fourth-order valence-electron chi connectivity index (χ4n) is 2.05. The molecule has 102 valence electrons. The lowest BCUT2D eigenvalue weighted by Crippen LogP contribution is -2.54. The number of carbonyl (C=O) groups is 2. The topological polar surface area (TPSA) is 58.6 Å². The van der Waals surface area contributed by atoms with Crippen molar-refractivity contribution in [2.75, 3.05) is 19.8 Å². The Morgan fingerprint density at radius 3 is 2.79 bits per heavy atom. The van der Waals surface area contributed by atoms with Crippen LogP contribution in [-0.4, -0.2) is 42.5 Å². The molecule has 2 amide bonds. The van der Waals surface area contributed by atoms with Crippen molar-refractivity contribution in [1.29, 1.82) is 0 Å². The molecule has 2 rings (SSSR count). The van der Waals surface area contributed by atoms with Gasteiger partial charge in [0.15, 0.2) is 0 Å². The minimum absolute atomic E-state index is 0.0363. The average molecular weight is 262 g/mol. The highest BCUT2D eigenvalue weighted by Crippen LogP contribution is 2.07. The fraction of sp³-hybridized carbons (Fsp3) is 0.429. The maximum absolute atomic E-state index is 12.3. The van der Waals surface area contributed by atoms with Crippen LogP contribution in [0.25, 0.3) is 0 Å². The number of ether oxygens (including phenoxy) is 1. The van der Waals surface area contributed by atoms with Gasteiger partial charge < -0.3 is 15.0 Å². The van der Waals surface area contributed by atoms with Crippen LogP contribution in [0, 0.1) is 0 Å². The molecule has 1 aromatic carbocycles. The third-order valence-corrected chi connectivity index (χ3v) is 3.06. The first-order chi connectivity index (χ1) is 9.20. The van der Waals surface area contributed by atoms with Crippen LogP contribution in [-0.2, 0) is 20.9 Å². The molecule has 5 nitrogen and oxygen atoms in total. The molecule has 1 aliphatic heterocycles. The van der Waals surface area contributed by atoms with Gasteiger partial charge in [-0.25, -0.2) is 0 Å². The summed E-state index contributed by atoms with van der Waals surface area (Å²) < 4.78 is 5.10.